The Morgan fingerprint density at radius 2 is 2.33 bits per heavy atom. The standard InChI is InChI=1S/C15H22ClN3OS/c1-18(2)10-14-11-21-8-4-7-19(14)15(20)17-13-6-3-5-12(16)9-13/h3,5-6,9,14H,4,7-8,10-11H2,1-2H3,(H,17,20)/t14-/m1/s1. The largest absolute Gasteiger partial charge is 0.322 e. The first-order valence-electron chi connectivity index (χ1n) is 7.12. The first-order valence-corrected chi connectivity index (χ1v) is 8.65. The van der Waals surface area contributed by atoms with Gasteiger partial charge in [0.1, 0.15) is 0 Å². The van der Waals surface area contributed by atoms with Crippen molar-refractivity contribution in [3.8, 4) is 0 Å². The number of thioether (sulfide) groups is 1. The zero-order valence-corrected chi connectivity index (χ0v) is 14.1. The second-order valence-electron chi connectivity index (χ2n) is 5.48. The van der Waals surface area contributed by atoms with Crippen LogP contribution in [-0.2, 0) is 0 Å². The number of nitrogens with zero attached hydrogens (tertiary/aromatic N) is 2. The second-order valence-corrected chi connectivity index (χ2v) is 7.06. The molecule has 0 aliphatic carbocycles. The van der Waals surface area contributed by atoms with Gasteiger partial charge in [0, 0.05) is 29.6 Å². The fraction of sp³-hybridized carbons (Fsp3) is 0.533. The van der Waals surface area contributed by atoms with E-state index in [2.05, 4.69) is 10.2 Å². The maximum atomic E-state index is 12.6. The van der Waals surface area contributed by atoms with Gasteiger partial charge in [0.25, 0.3) is 0 Å². The van der Waals surface area contributed by atoms with Crippen molar-refractivity contribution in [3.63, 3.8) is 0 Å². The van der Waals surface area contributed by atoms with Crippen molar-refractivity contribution in [2.75, 3.05) is 44.0 Å². The van der Waals surface area contributed by atoms with Crippen molar-refractivity contribution in [2.24, 2.45) is 0 Å². The normalized spacial score (nSPS) is 19.4. The molecular formula is C15H22ClN3OS. The van der Waals surface area contributed by atoms with Gasteiger partial charge in [-0.15, -0.1) is 0 Å². The molecule has 4 nitrogen and oxygen atoms in total. The topological polar surface area (TPSA) is 35.6 Å². The van der Waals surface area contributed by atoms with Gasteiger partial charge in [-0.05, 0) is 44.5 Å². The van der Waals surface area contributed by atoms with Gasteiger partial charge < -0.3 is 15.1 Å². The van der Waals surface area contributed by atoms with Crippen molar-refractivity contribution in [1.29, 1.82) is 0 Å². The van der Waals surface area contributed by atoms with E-state index in [4.69, 9.17) is 11.6 Å². The lowest BCUT2D eigenvalue weighted by Gasteiger charge is -2.31. The molecule has 0 aromatic heterocycles. The van der Waals surface area contributed by atoms with Crippen LogP contribution in [0.3, 0.4) is 0 Å². The summed E-state index contributed by atoms with van der Waals surface area (Å²) in [6.07, 6.45) is 1.04. The molecule has 2 rings (SSSR count). The molecule has 0 unspecified atom stereocenters. The Morgan fingerprint density at radius 3 is 3.05 bits per heavy atom. The highest BCUT2D eigenvalue weighted by molar-refractivity contribution is 7.99. The molecule has 1 aromatic carbocycles. The van der Waals surface area contributed by atoms with Gasteiger partial charge in [-0.3, -0.25) is 0 Å². The minimum atomic E-state index is -0.0355. The Labute approximate surface area is 135 Å². The highest BCUT2D eigenvalue weighted by Gasteiger charge is 2.26. The van der Waals surface area contributed by atoms with Gasteiger partial charge in [-0.1, -0.05) is 17.7 Å². The van der Waals surface area contributed by atoms with Crippen LogP contribution in [0, 0.1) is 0 Å². The predicted octanol–water partition coefficient (Wildman–Crippen LogP) is 3.24. The third-order valence-electron chi connectivity index (χ3n) is 3.35. The molecule has 1 N–H and O–H groups in total. The smallest absolute Gasteiger partial charge is 0.319 e. The summed E-state index contributed by atoms with van der Waals surface area (Å²) in [4.78, 5) is 16.7. The van der Waals surface area contributed by atoms with Crippen LogP contribution in [0.15, 0.2) is 24.3 Å². The van der Waals surface area contributed by atoms with Crippen LogP contribution in [0.5, 0.6) is 0 Å². The Morgan fingerprint density at radius 1 is 1.52 bits per heavy atom. The lowest BCUT2D eigenvalue weighted by molar-refractivity contribution is 0.180. The SMILES string of the molecule is CN(C)C[C@@H]1CSCCCN1C(=O)Nc1cccc(Cl)c1. The summed E-state index contributed by atoms with van der Waals surface area (Å²) in [5.74, 6) is 2.10. The predicted molar refractivity (Wildman–Crippen MR) is 91.5 cm³/mol. The number of benzene rings is 1. The molecule has 0 spiro atoms. The van der Waals surface area contributed by atoms with E-state index in [9.17, 15) is 4.79 Å². The second kappa shape index (κ2) is 7.92. The summed E-state index contributed by atoms with van der Waals surface area (Å²) in [6.45, 7) is 1.69. The average Bonchev–Trinajstić information content (AvgIpc) is 2.63. The van der Waals surface area contributed by atoms with Crippen molar-refractivity contribution < 1.29 is 4.79 Å². The van der Waals surface area contributed by atoms with E-state index in [1.807, 2.05) is 42.9 Å². The number of amides is 2. The molecule has 1 saturated heterocycles. The molecule has 1 aliphatic heterocycles. The quantitative estimate of drug-likeness (QED) is 0.925. The Balaban J connectivity index is 2.06. The lowest BCUT2D eigenvalue weighted by Crippen LogP contribution is -2.48. The van der Waals surface area contributed by atoms with Crippen LogP contribution in [0.25, 0.3) is 0 Å². The van der Waals surface area contributed by atoms with Crippen LogP contribution < -0.4 is 5.32 Å². The maximum Gasteiger partial charge on any atom is 0.322 e. The van der Waals surface area contributed by atoms with Crippen LogP contribution >= 0.6 is 23.4 Å². The summed E-state index contributed by atoms with van der Waals surface area (Å²) in [5.41, 5.74) is 0.744. The van der Waals surface area contributed by atoms with Gasteiger partial charge in [-0.25, -0.2) is 4.79 Å². The number of anilines is 1. The molecule has 2 amide bonds. The molecule has 0 bridgehead atoms. The van der Waals surface area contributed by atoms with E-state index in [1.165, 1.54) is 0 Å². The first-order chi connectivity index (χ1) is 10.1. The Kier molecular flexibility index (Phi) is 6.21. The highest BCUT2D eigenvalue weighted by Crippen LogP contribution is 2.20. The molecule has 1 aromatic rings. The number of rotatable bonds is 3. The highest BCUT2D eigenvalue weighted by atomic mass is 35.5. The summed E-state index contributed by atoms with van der Waals surface area (Å²) >= 11 is 7.89. The van der Waals surface area contributed by atoms with Crippen molar-refractivity contribution in [1.82, 2.24) is 9.80 Å². The third-order valence-corrected chi connectivity index (χ3v) is 4.78. The Bertz CT molecular complexity index is 484. The monoisotopic (exact) mass is 327 g/mol. The van der Waals surface area contributed by atoms with Crippen LogP contribution in [-0.4, -0.2) is 60.6 Å². The summed E-state index contributed by atoms with van der Waals surface area (Å²) < 4.78 is 0. The van der Waals surface area contributed by atoms with Crippen molar-refractivity contribution in [3.05, 3.63) is 29.3 Å². The zero-order chi connectivity index (χ0) is 15.2. The van der Waals surface area contributed by atoms with Crippen LogP contribution in [0.2, 0.25) is 5.02 Å². The first kappa shape index (κ1) is 16.5. The number of likely N-dealkylation sites (N-methyl/N-ethyl adjacent to an activating group) is 1. The average molecular weight is 328 g/mol. The molecule has 0 saturated carbocycles. The molecule has 6 heteroatoms. The van der Waals surface area contributed by atoms with Crippen LogP contribution in [0.4, 0.5) is 10.5 Å². The number of urea groups is 1. The van der Waals surface area contributed by atoms with Crippen molar-refractivity contribution in [2.45, 2.75) is 12.5 Å². The van der Waals surface area contributed by atoms with Gasteiger partial charge in [-0.2, -0.15) is 11.8 Å². The van der Waals surface area contributed by atoms with E-state index in [-0.39, 0.29) is 12.1 Å². The van der Waals surface area contributed by atoms with Gasteiger partial charge >= 0.3 is 6.03 Å². The number of carbonyl (C=O) groups is 1. The van der Waals surface area contributed by atoms with Crippen LogP contribution in [0.1, 0.15) is 6.42 Å². The van der Waals surface area contributed by atoms with Gasteiger partial charge in [0.05, 0.1) is 6.04 Å². The van der Waals surface area contributed by atoms with E-state index in [0.717, 1.165) is 36.7 Å². The van der Waals surface area contributed by atoms with E-state index >= 15 is 0 Å². The summed E-state index contributed by atoms with van der Waals surface area (Å²) in [6, 6.07) is 7.48. The number of carbonyl (C=O) groups excluding carboxylic acids is 1. The summed E-state index contributed by atoms with van der Waals surface area (Å²) in [7, 11) is 4.09. The number of hydrogen-bond acceptors (Lipinski definition) is 3. The third kappa shape index (κ3) is 5.09. The molecule has 116 valence electrons. The molecule has 1 aliphatic rings. The van der Waals surface area contributed by atoms with Gasteiger partial charge in [0.2, 0.25) is 0 Å². The van der Waals surface area contributed by atoms with E-state index in [1.54, 1.807) is 12.1 Å². The fourth-order valence-corrected chi connectivity index (χ4v) is 3.68. The molecule has 1 atom stereocenters. The maximum absolute atomic E-state index is 12.6. The molecule has 1 heterocycles. The number of hydrogen-bond donors (Lipinski definition) is 1. The fourth-order valence-electron chi connectivity index (χ4n) is 2.43. The molecule has 1 fully saturated rings. The minimum Gasteiger partial charge on any atom is -0.319 e. The molecular weight excluding hydrogens is 306 g/mol. The minimum absolute atomic E-state index is 0.0355. The van der Waals surface area contributed by atoms with Crippen molar-refractivity contribution >= 4 is 35.1 Å². The lowest BCUT2D eigenvalue weighted by atomic mass is 10.2. The molecule has 21 heavy (non-hydrogen) atoms. The molecule has 0 radical (unpaired) electrons. The van der Waals surface area contributed by atoms with E-state index < -0.39 is 0 Å². The number of halogens is 1. The number of nitrogens with one attached hydrogen (secondary N) is 1. The van der Waals surface area contributed by atoms with E-state index in [0.29, 0.717) is 5.02 Å². The van der Waals surface area contributed by atoms with Gasteiger partial charge in [0.15, 0.2) is 0 Å². The Hall–Kier alpha value is -0.910. The zero-order valence-electron chi connectivity index (χ0n) is 12.5. The summed E-state index contributed by atoms with van der Waals surface area (Å²) in [5, 5.41) is 3.59.